The Hall–Kier alpha value is -2.81. The molecule has 2 aromatic heterocycles. The number of anilines is 1. The van der Waals surface area contributed by atoms with Crippen molar-refractivity contribution in [1.82, 2.24) is 14.9 Å². The molecule has 1 amide bonds. The van der Waals surface area contributed by atoms with Crippen LogP contribution in [-0.2, 0) is 4.79 Å². The largest absolute Gasteiger partial charge is 0.384 e. The normalized spacial score (nSPS) is 18.1. The fourth-order valence-electron chi connectivity index (χ4n) is 2.97. The number of nitrogen functional groups attached to an aromatic ring is 1. The summed E-state index contributed by atoms with van der Waals surface area (Å²) in [7, 11) is 0. The lowest BCUT2D eigenvalue weighted by Gasteiger charge is -2.31. The molecule has 1 aliphatic heterocycles. The summed E-state index contributed by atoms with van der Waals surface area (Å²) in [6.07, 6.45) is 3.82. The number of rotatable bonds is 2. The van der Waals surface area contributed by atoms with Crippen LogP contribution in [-0.4, -0.2) is 33.9 Å². The van der Waals surface area contributed by atoms with Gasteiger partial charge in [-0.15, -0.1) is 0 Å². The molecule has 0 saturated heterocycles. The van der Waals surface area contributed by atoms with Crippen molar-refractivity contribution in [2.75, 3.05) is 18.8 Å². The standard InChI is InChI=1S/C16H17N5O/c1-10-9-21(15(22)2-5-17)7-4-11(10)13-8-14(18)20-16-12(13)3-6-19-16/h3-4,6,8,10H,2,7,9H2,1H3,(H3,18,19,20)/t10-/m1/s1. The second kappa shape index (κ2) is 5.53. The van der Waals surface area contributed by atoms with Crippen molar-refractivity contribution in [3.8, 4) is 6.07 Å². The molecule has 3 heterocycles. The number of pyridine rings is 1. The molecule has 6 nitrogen and oxygen atoms in total. The summed E-state index contributed by atoms with van der Waals surface area (Å²) in [6, 6.07) is 5.77. The fraction of sp³-hybridized carbons (Fsp3) is 0.312. The highest BCUT2D eigenvalue weighted by atomic mass is 16.2. The maximum Gasteiger partial charge on any atom is 0.237 e. The number of nitriles is 1. The van der Waals surface area contributed by atoms with Gasteiger partial charge in [0.15, 0.2) is 0 Å². The van der Waals surface area contributed by atoms with Crippen LogP contribution < -0.4 is 5.73 Å². The minimum atomic E-state index is -0.120. The number of fused-ring (bicyclic) bond motifs is 1. The van der Waals surface area contributed by atoms with Crippen LogP contribution in [0, 0.1) is 17.2 Å². The van der Waals surface area contributed by atoms with Crippen molar-refractivity contribution in [2.24, 2.45) is 5.92 Å². The number of H-pyrrole nitrogens is 1. The zero-order valence-corrected chi connectivity index (χ0v) is 12.3. The molecule has 112 valence electrons. The SMILES string of the molecule is C[C@@H]1CN(C(=O)CC#N)CC=C1c1cc(N)nc2[nH]ccc12. The van der Waals surface area contributed by atoms with Gasteiger partial charge in [0.25, 0.3) is 0 Å². The van der Waals surface area contributed by atoms with E-state index in [1.165, 1.54) is 5.57 Å². The zero-order valence-electron chi connectivity index (χ0n) is 12.3. The molecule has 0 saturated carbocycles. The van der Waals surface area contributed by atoms with Gasteiger partial charge in [0.1, 0.15) is 17.9 Å². The van der Waals surface area contributed by atoms with Gasteiger partial charge < -0.3 is 15.6 Å². The van der Waals surface area contributed by atoms with Gasteiger partial charge in [-0.2, -0.15) is 5.26 Å². The molecule has 0 spiro atoms. The third-order valence-electron chi connectivity index (χ3n) is 4.00. The Morgan fingerprint density at radius 3 is 3.18 bits per heavy atom. The molecule has 3 N–H and O–H groups in total. The van der Waals surface area contributed by atoms with Gasteiger partial charge in [0.05, 0.1) is 6.07 Å². The van der Waals surface area contributed by atoms with Crippen LogP contribution in [0.5, 0.6) is 0 Å². The van der Waals surface area contributed by atoms with E-state index in [9.17, 15) is 4.79 Å². The number of carbonyl (C=O) groups excluding carboxylic acids is 1. The highest BCUT2D eigenvalue weighted by Gasteiger charge is 2.24. The molecular weight excluding hydrogens is 278 g/mol. The number of carbonyl (C=O) groups is 1. The molecule has 0 fully saturated rings. The van der Waals surface area contributed by atoms with Crippen molar-refractivity contribution >= 4 is 28.3 Å². The van der Waals surface area contributed by atoms with E-state index >= 15 is 0 Å². The van der Waals surface area contributed by atoms with Crippen molar-refractivity contribution in [3.05, 3.63) is 30.0 Å². The number of nitrogens with zero attached hydrogens (tertiary/aromatic N) is 3. The first-order valence-electron chi connectivity index (χ1n) is 7.19. The van der Waals surface area contributed by atoms with Crippen LogP contribution in [0.4, 0.5) is 5.82 Å². The minimum Gasteiger partial charge on any atom is -0.384 e. The monoisotopic (exact) mass is 295 g/mol. The summed E-state index contributed by atoms with van der Waals surface area (Å²) in [4.78, 5) is 20.9. The van der Waals surface area contributed by atoms with Gasteiger partial charge in [-0.1, -0.05) is 13.0 Å². The van der Waals surface area contributed by atoms with E-state index < -0.39 is 0 Å². The van der Waals surface area contributed by atoms with E-state index in [4.69, 9.17) is 11.0 Å². The first-order chi connectivity index (χ1) is 10.6. The third-order valence-corrected chi connectivity index (χ3v) is 4.00. The second-order valence-electron chi connectivity index (χ2n) is 5.53. The lowest BCUT2D eigenvalue weighted by molar-refractivity contribution is -0.130. The number of nitrogens with two attached hydrogens (primary N) is 1. The van der Waals surface area contributed by atoms with Gasteiger partial charge in [-0.3, -0.25) is 4.79 Å². The summed E-state index contributed by atoms with van der Waals surface area (Å²) >= 11 is 0. The van der Waals surface area contributed by atoms with Crippen LogP contribution in [0.1, 0.15) is 18.9 Å². The number of nitrogens with one attached hydrogen (secondary N) is 1. The molecule has 1 aliphatic rings. The average Bonchev–Trinajstić information content (AvgIpc) is 2.94. The lowest BCUT2D eigenvalue weighted by Crippen LogP contribution is -2.37. The number of hydrogen-bond acceptors (Lipinski definition) is 4. The van der Waals surface area contributed by atoms with Crippen molar-refractivity contribution in [2.45, 2.75) is 13.3 Å². The second-order valence-corrected chi connectivity index (χ2v) is 5.53. The molecule has 0 radical (unpaired) electrons. The number of amides is 1. The van der Waals surface area contributed by atoms with Crippen LogP contribution in [0.15, 0.2) is 24.4 Å². The third kappa shape index (κ3) is 2.42. The topological polar surface area (TPSA) is 98.8 Å². The molecule has 0 aromatic carbocycles. The van der Waals surface area contributed by atoms with Crippen molar-refractivity contribution < 1.29 is 4.79 Å². The Bertz CT molecular complexity index is 798. The zero-order chi connectivity index (χ0) is 15.7. The van der Waals surface area contributed by atoms with Crippen LogP contribution in [0.2, 0.25) is 0 Å². The number of aromatic amines is 1. The van der Waals surface area contributed by atoms with Crippen LogP contribution >= 0.6 is 0 Å². The van der Waals surface area contributed by atoms with Gasteiger partial charge in [0, 0.05) is 24.7 Å². The predicted octanol–water partition coefficient (Wildman–Crippen LogP) is 1.92. The maximum atomic E-state index is 11.9. The summed E-state index contributed by atoms with van der Waals surface area (Å²) in [5.41, 5.74) is 8.89. The summed E-state index contributed by atoms with van der Waals surface area (Å²) in [5.74, 6) is 0.531. The van der Waals surface area contributed by atoms with Gasteiger partial charge in [-0.25, -0.2) is 4.98 Å². The highest BCUT2D eigenvalue weighted by Crippen LogP contribution is 2.33. The quantitative estimate of drug-likeness (QED) is 0.884. The molecular formula is C16H17N5O. The Morgan fingerprint density at radius 1 is 1.64 bits per heavy atom. The van der Waals surface area contributed by atoms with Crippen molar-refractivity contribution in [3.63, 3.8) is 0 Å². The molecule has 2 aromatic rings. The molecule has 0 unspecified atom stereocenters. The minimum absolute atomic E-state index is 0.0693. The maximum absolute atomic E-state index is 11.9. The van der Waals surface area contributed by atoms with E-state index in [1.807, 2.05) is 30.5 Å². The average molecular weight is 295 g/mol. The molecule has 0 aliphatic carbocycles. The lowest BCUT2D eigenvalue weighted by atomic mass is 9.89. The predicted molar refractivity (Wildman–Crippen MR) is 84.5 cm³/mol. The summed E-state index contributed by atoms with van der Waals surface area (Å²) in [5, 5.41) is 9.68. The van der Waals surface area contributed by atoms with E-state index in [2.05, 4.69) is 16.9 Å². The molecule has 0 bridgehead atoms. The number of hydrogen-bond donors (Lipinski definition) is 2. The first-order valence-corrected chi connectivity index (χ1v) is 7.19. The molecule has 3 rings (SSSR count). The molecule has 22 heavy (non-hydrogen) atoms. The molecule has 1 atom stereocenters. The molecule has 6 heteroatoms. The van der Waals surface area contributed by atoms with Gasteiger partial charge in [-0.05, 0) is 29.2 Å². The Kier molecular flexibility index (Phi) is 3.55. The first kappa shape index (κ1) is 14.1. The van der Waals surface area contributed by atoms with Gasteiger partial charge in [0.2, 0.25) is 5.91 Å². The smallest absolute Gasteiger partial charge is 0.237 e. The van der Waals surface area contributed by atoms with E-state index in [0.29, 0.717) is 18.9 Å². The van der Waals surface area contributed by atoms with Crippen LogP contribution in [0.3, 0.4) is 0 Å². The van der Waals surface area contributed by atoms with Crippen LogP contribution in [0.25, 0.3) is 16.6 Å². The fourth-order valence-corrected chi connectivity index (χ4v) is 2.97. The highest BCUT2D eigenvalue weighted by molar-refractivity contribution is 5.92. The van der Waals surface area contributed by atoms with E-state index in [0.717, 1.165) is 16.6 Å². The van der Waals surface area contributed by atoms with Crippen molar-refractivity contribution in [1.29, 1.82) is 5.26 Å². The summed E-state index contributed by atoms with van der Waals surface area (Å²) in [6.45, 7) is 3.21. The van der Waals surface area contributed by atoms with E-state index in [1.54, 1.807) is 4.90 Å². The number of aromatic nitrogens is 2. The summed E-state index contributed by atoms with van der Waals surface area (Å²) < 4.78 is 0. The Labute approximate surface area is 128 Å². The Balaban J connectivity index is 1.96. The Morgan fingerprint density at radius 2 is 2.45 bits per heavy atom. The van der Waals surface area contributed by atoms with Gasteiger partial charge >= 0.3 is 0 Å². The van der Waals surface area contributed by atoms with E-state index in [-0.39, 0.29) is 18.2 Å².